The second-order valence-electron chi connectivity index (χ2n) is 33.9. The molecule has 4 atom stereocenters. The first-order valence-corrected chi connectivity index (χ1v) is 38.1. The van der Waals surface area contributed by atoms with E-state index in [1.807, 2.05) is 13.8 Å². The van der Waals surface area contributed by atoms with Gasteiger partial charge in [0.1, 0.15) is 0 Å². The van der Waals surface area contributed by atoms with Crippen molar-refractivity contribution in [2.24, 2.45) is 66.5 Å². The molecule has 0 aliphatic heterocycles. The molecule has 0 bridgehead atoms. The summed E-state index contributed by atoms with van der Waals surface area (Å²) < 4.78 is 0. The average Bonchev–Trinajstić information content (AvgIpc) is 3.48. The van der Waals surface area contributed by atoms with Gasteiger partial charge in [0.2, 0.25) is 0 Å². The maximum Gasteiger partial charge on any atom is -0.0303 e. The summed E-state index contributed by atoms with van der Waals surface area (Å²) in [5, 5.41) is 0. The number of rotatable bonds is 10. The lowest BCUT2D eigenvalue weighted by atomic mass is 9.65. The molecule has 0 aromatic carbocycles. The van der Waals surface area contributed by atoms with Gasteiger partial charge in [-0.3, -0.25) is 0 Å². The third-order valence-corrected chi connectivity index (χ3v) is 25.5. The highest BCUT2D eigenvalue weighted by Gasteiger charge is 2.35. The Morgan fingerprint density at radius 3 is 0.841 bits per heavy atom. The Morgan fingerprint density at radius 1 is 0.268 bits per heavy atom. The van der Waals surface area contributed by atoms with E-state index in [4.69, 9.17) is 0 Å². The fourth-order valence-corrected chi connectivity index (χ4v) is 16.1. The van der Waals surface area contributed by atoms with Gasteiger partial charge in [0.05, 0.1) is 0 Å². The molecule has 0 heterocycles. The van der Waals surface area contributed by atoms with Crippen molar-refractivity contribution in [2.45, 2.75) is 462 Å². The van der Waals surface area contributed by atoms with Crippen LogP contribution in [0.5, 0.6) is 0 Å². The zero-order chi connectivity index (χ0) is 61.8. The summed E-state index contributed by atoms with van der Waals surface area (Å²) in [7, 11) is 0. The van der Waals surface area contributed by atoms with Gasteiger partial charge in [0.15, 0.2) is 0 Å². The van der Waals surface area contributed by atoms with Crippen molar-refractivity contribution in [1.82, 2.24) is 0 Å². The van der Waals surface area contributed by atoms with Crippen LogP contribution < -0.4 is 0 Å². The molecule has 0 nitrogen and oxygen atoms in total. The molecule has 0 radical (unpaired) electrons. The standard InChI is InChI=1S/C11H22.5C10H20.2C9H18.C2H6.CH4/c1-5-11(4)8-6-10(2,3)7-9-11;1-4-10(3)7-5-9(2)6-8-10;1-4-10(3)7-5-6-9(2)8-10;1-4-10(3)8-6-5-7-9(10)2;2*1-3-7-10(2)8-5-4-6-9-10;2*1-3-9(2)7-5-4-6-8-9;1-2;/h5-9H2,1-4H3;3*9H,4-8H2,1-3H3;2*3-9H2,1-2H3;2*3-8H2,1-2H3;1-2H3;1H4. The van der Waals surface area contributed by atoms with Crippen molar-refractivity contribution in [2.75, 3.05) is 0 Å². The van der Waals surface area contributed by atoms with E-state index in [1.54, 1.807) is 0 Å². The second-order valence-corrected chi connectivity index (χ2v) is 33.9. The molecule has 0 saturated heterocycles. The van der Waals surface area contributed by atoms with Crippen LogP contribution in [0.4, 0.5) is 0 Å². The molecule has 0 heteroatoms. The fourth-order valence-electron chi connectivity index (χ4n) is 16.1. The quantitative estimate of drug-likeness (QED) is 0.205. The van der Waals surface area contributed by atoms with Crippen LogP contribution in [0.2, 0.25) is 0 Å². The van der Waals surface area contributed by atoms with Crippen LogP contribution in [0, 0.1) is 66.5 Å². The van der Waals surface area contributed by atoms with Gasteiger partial charge in [-0.15, -0.1) is 0 Å². The summed E-state index contributed by atoms with van der Waals surface area (Å²) in [6, 6.07) is 0. The normalized spacial score (nSPS) is 30.8. The van der Waals surface area contributed by atoms with Crippen molar-refractivity contribution in [3.8, 4) is 0 Å². The van der Waals surface area contributed by atoms with E-state index < -0.39 is 0 Å². The van der Waals surface area contributed by atoms with E-state index in [2.05, 4.69) is 145 Å². The smallest absolute Gasteiger partial charge is 0.0303 e. The first kappa shape index (κ1) is 84.1. The molecule has 4 unspecified atom stereocenters. The lowest BCUT2D eigenvalue weighted by Gasteiger charge is -2.41. The second kappa shape index (κ2) is 43.6. The van der Waals surface area contributed by atoms with Gasteiger partial charge >= 0.3 is 0 Å². The summed E-state index contributed by atoms with van der Waals surface area (Å²) in [5.74, 6) is 2.95. The monoisotopic (exact) mass is 1150 g/mol. The van der Waals surface area contributed by atoms with Gasteiger partial charge in [-0.25, -0.2) is 0 Å². The van der Waals surface area contributed by atoms with Crippen LogP contribution in [0.15, 0.2) is 0 Å². The summed E-state index contributed by atoms with van der Waals surface area (Å²) in [5.41, 5.74) is 6.28. The van der Waals surface area contributed by atoms with Crippen LogP contribution in [0.25, 0.3) is 0 Å². The van der Waals surface area contributed by atoms with Gasteiger partial charge < -0.3 is 0 Å². The van der Waals surface area contributed by atoms with E-state index in [0.29, 0.717) is 27.1 Å². The number of hydrogen-bond donors (Lipinski definition) is 0. The minimum Gasteiger partial charge on any atom is -0.0776 e. The highest BCUT2D eigenvalue weighted by atomic mass is 14.4. The minimum atomic E-state index is 0. The summed E-state index contributed by atoms with van der Waals surface area (Å²) in [6.45, 7) is 54.2. The average molecular weight is 1150 g/mol. The van der Waals surface area contributed by atoms with Crippen molar-refractivity contribution < 1.29 is 0 Å². The predicted octanol–water partition coefficient (Wildman–Crippen LogP) is 30.8. The van der Waals surface area contributed by atoms with Gasteiger partial charge in [0.25, 0.3) is 0 Å². The Hall–Kier alpha value is 0. The highest BCUT2D eigenvalue weighted by Crippen LogP contribution is 2.48. The Labute approximate surface area is 525 Å². The lowest BCUT2D eigenvalue weighted by Crippen LogP contribution is -2.28. The Morgan fingerprint density at radius 2 is 0.573 bits per heavy atom. The van der Waals surface area contributed by atoms with E-state index >= 15 is 0 Å². The third kappa shape index (κ3) is 35.9. The molecule has 0 aromatic rings. The van der Waals surface area contributed by atoms with Crippen LogP contribution in [0.1, 0.15) is 462 Å². The van der Waals surface area contributed by atoms with Gasteiger partial charge in [0, 0.05) is 0 Å². The maximum absolute atomic E-state index is 2.47. The lowest BCUT2D eigenvalue weighted by molar-refractivity contribution is 0.113. The van der Waals surface area contributed by atoms with E-state index in [1.165, 1.54) is 295 Å². The molecule has 8 fully saturated rings. The first-order valence-electron chi connectivity index (χ1n) is 38.1. The van der Waals surface area contributed by atoms with Crippen LogP contribution in [0.3, 0.4) is 0 Å². The molecular weight excluding hydrogens is 985 g/mol. The highest BCUT2D eigenvalue weighted by molar-refractivity contribution is 4.86. The molecule has 0 aromatic heterocycles. The molecular formula is C82H168. The maximum atomic E-state index is 2.47. The van der Waals surface area contributed by atoms with Crippen molar-refractivity contribution in [1.29, 1.82) is 0 Å². The zero-order valence-corrected chi connectivity index (χ0v) is 61.8. The third-order valence-electron chi connectivity index (χ3n) is 25.5. The first-order chi connectivity index (χ1) is 38.1. The fraction of sp³-hybridized carbons (Fsp3) is 1.00. The summed E-state index contributed by atoms with van der Waals surface area (Å²) >= 11 is 0. The van der Waals surface area contributed by atoms with Crippen LogP contribution in [-0.2, 0) is 0 Å². The summed E-state index contributed by atoms with van der Waals surface area (Å²) in [4.78, 5) is 0. The molecule has 8 saturated carbocycles. The Kier molecular flexibility index (Phi) is 44.7. The van der Waals surface area contributed by atoms with Crippen LogP contribution in [-0.4, -0.2) is 0 Å². The largest absolute Gasteiger partial charge is 0.0776 e. The predicted molar refractivity (Wildman–Crippen MR) is 382 cm³/mol. The van der Waals surface area contributed by atoms with E-state index in [-0.39, 0.29) is 7.43 Å². The van der Waals surface area contributed by atoms with E-state index in [9.17, 15) is 0 Å². The van der Waals surface area contributed by atoms with Gasteiger partial charge in [-0.2, -0.15) is 0 Å². The summed E-state index contributed by atoms with van der Waals surface area (Å²) in [6.07, 6.45) is 66.8. The van der Waals surface area contributed by atoms with Gasteiger partial charge in [-0.1, -0.05) is 340 Å². The van der Waals surface area contributed by atoms with E-state index in [0.717, 1.165) is 39.4 Å². The molecule has 8 rings (SSSR count). The van der Waals surface area contributed by atoms with Crippen molar-refractivity contribution in [3.63, 3.8) is 0 Å². The van der Waals surface area contributed by atoms with Crippen molar-refractivity contribution in [3.05, 3.63) is 0 Å². The molecule has 82 heavy (non-hydrogen) atoms. The van der Waals surface area contributed by atoms with Gasteiger partial charge in [-0.05, 0) is 188 Å². The molecule has 496 valence electrons. The molecule has 8 aliphatic carbocycles. The SMILES string of the molecule is C.CC.CCC1(C)CCC(C)(C)CC1.CCC1(C)CCC(C)CC1.CCC1(C)CCCC(C)C1.CCC1(C)CCCCC1.CCC1(C)CCCCC1.CCC1(C)CCCCC1C.CCCC1(C)CCCCC1.CCCC1(C)CCCCC1. The van der Waals surface area contributed by atoms with Crippen LogP contribution >= 0.6 is 0 Å². The minimum absolute atomic E-state index is 0. The molecule has 0 spiro atoms. The molecule has 0 amide bonds. The Bertz CT molecular complexity index is 1350. The van der Waals surface area contributed by atoms with Crippen molar-refractivity contribution >= 4 is 0 Å². The Balaban J connectivity index is 0. The topological polar surface area (TPSA) is 0 Å². The zero-order valence-electron chi connectivity index (χ0n) is 61.8. The molecule has 0 N–H and O–H groups in total. The number of hydrogen-bond acceptors (Lipinski definition) is 0. The molecule has 8 aliphatic rings.